The molecule has 3 nitrogen and oxygen atoms in total. The number of pyridine rings is 1. The van der Waals surface area contributed by atoms with Crippen molar-refractivity contribution in [2.45, 2.75) is 51.6 Å². The van der Waals surface area contributed by atoms with E-state index in [-0.39, 0.29) is 1.43 Å². The second-order valence-corrected chi connectivity index (χ2v) is 5.51. The smallest absolute Gasteiger partial charge is 0.129 e. The Hall–Kier alpha value is -1.16. The third-order valence-electron chi connectivity index (χ3n) is 3.80. The molecule has 0 amide bonds. The van der Waals surface area contributed by atoms with Gasteiger partial charge in [0.05, 0.1) is 0 Å². The lowest BCUT2D eigenvalue weighted by molar-refractivity contribution is 0.310. The monoisotopic (exact) mass is 281 g/mol. The molecule has 0 spiro atoms. The Morgan fingerprint density at radius 3 is 3.20 bits per heavy atom. The molecular weight excluding hydrogens is 253 g/mol. The first kappa shape index (κ1) is 15.2. The van der Waals surface area contributed by atoms with Gasteiger partial charge in [-0.2, -0.15) is 0 Å². The summed E-state index contributed by atoms with van der Waals surface area (Å²) < 4.78 is 13.0. The maximum absolute atomic E-state index is 13.0. The number of alkyl halides is 1. The van der Waals surface area contributed by atoms with Crippen molar-refractivity contribution < 1.29 is 5.82 Å². The van der Waals surface area contributed by atoms with Crippen LogP contribution < -0.4 is 10.6 Å². The van der Waals surface area contributed by atoms with Gasteiger partial charge in [-0.3, -0.25) is 0 Å². The van der Waals surface area contributed by atoms with Gasteiger partial charge in [-0.25, -0.2) is 9.37 Å². The van der Waals surface area contributed by atoms with Crippen LogP contribution in [0.15, 0.2) is 12.1 Å². The summed E-state index contributed by atoms with van der Waals surface area (Å²) in [6.45, 7) is 4.29. The molecule has 0 aromatic carbocycles. The number of anilines is 1. The molecule has 1 unspecified atom stereocenters. The summed E-state index contributed by atoms with van der Waals surface area (Å²) in [4.78, 5) is 4.68. The molecule has 1 aliphatic rings. The van der Waals surface area contributed by atoms with Gasteiger partial charge >= 0.3 is 0 Å². The summed E-state index contributed by atoms with van der Waals surface area (Å²) in [5, 5.41) is 6.53. The van der Waals surface area contributed by atoms with Crippen LogP contribution in [-0.4, -0.2) is 30.8 Å². The largest absolute Gasteiger partial charge is 0.370 e. The van der Waals surface area contributed by atoms with Crippen LogP contribution in [-0.2, 0) is 12.8 Å². The lowest BCUT2D eigenvalue weighted by atomic mass is 10.1. The minimum absolute atomic E-state index is 0. The average Bonchev–Trinajstić information content (AvgIpc) is 2.50. The second-order valence-electron chi connectivity index (χ2n) is 5.51. The highest BCUT2D eigenvalue weighted by Crippen LogP contribution is 2.20. The average molecular weight is 281 g/mol. The molecule has 1 aromatic heterocycles. The van der Waals surface area contributed by atoms with Crippen molar-refractivity contribution in [2.75, 3.05) is 25.0 Å². The van der Waals surface area contributed by atoms with E-state index >= 15 is 0 Å². The molecule has 4 heteroatoms. The molecule has 0 radical (unpaired) electrons. The molecule has 1 aromatic rings. The van der Waals surface area contributed by atoms with Crippen molar-refractivity contribution in [3.63, 3.8) is 0 Å². The van der Waals surface area contributed by atoms with Crippen LogP contribution in [0.2, 0.25) is 0 Å². The van der Waals surface area contributed by atoms with E-state index in [4.69, 9.17) is 0 Å². The Labute approximate surface area is 122 Å². The highest BCUT2D eigenvalue weighted by molar-refractivity contribution is 5.46. The first-order valence-corrected chi connectivity index (χ1v) is 7.87. The molecule has 0 saturated heterocycles. The van der Waals surface area contributed by atoms with Gasteiger partial charge in [0, 0.05) is 20.2 Å². The SMILES string of the molecule is CCC(F)CNCCCCc1ccc2c(n1)NCCC2.[HH]. The molecular formula is C16H28FN3. The standard InChI is InChI=1S/C16H26FN3.H2/c1-2-14(17)12-18-10-4-3-7-15-9-8-13-6-5-11-19-16(13)20-15;/h8-9,14,18H,2-7,10-12H2,1H3,(H,19,20);1H. The maximum atomic E-state index is 13.0. The Bertz CT molecular complexity index is 415. The summed E-state index contributed by atoms with van der Waals surface area (Å²) in [6, 6.07) is 4.35. The van der Waals surface area contributed by atoms with Crippen molar-refractivity contribution in [2.24, 2.45) is 0 Å². The van der Waals surface area contributed by atoms with E-state index in [1.807, 2.05) is 6.92 Å². The number of unbranched alkanes of at least 4 members (excludes halogenated alkanes) is 1. The third kappa shape index (κ3) is 4.75. The number of rotatable bonds is 8. The molecule has 2 N–H and O–H groups in total. The molecule has 0 aliphatic carbocycles. The Morgan fingerprint density at radius 1 is 1.45 bits per heavy atom. The fourth-order valence-corrected chi connectivity index (χ4v) is 2.47. The molecule has 20 heavy (non-hydrogen) atoms. The quantitative estimate of drug-likeness (QED) is 0.718. The lowest BCUT2D eigenvalue weighted by Gasteiger charge is -2.17. The van der Waals surface area contributed by atoms with Crippen LogP contribution in [0.1, 0.15) is 45.3 Å². The van der Waals surface area contributed by atoms with Gasteiger partial charge in [-0.1, -0.05) is 13.0 Å². The zero-order chi connectivity index (χ0) is 14.2. The highest BCUT2D eigenvalue weighted by atomic mass is 19.1. The Morgan fingerprint density at radius 2 is 2.35 bits per heavy atom. The minimum atomic E-state index is -0.705. The van der Waals surface area contributed by atoms with Crippen LogP contribution in [0.3, 0.4) is 0 Å². The molecule has 1 aliphatic heterocycles. The number of nitrogens with zero attached hydrogens (tertiary/aromatic N) is 1. The fourth-order valence-electron chi connectivity index (χ4n) is 2.47. The molecule has 0 fully saturated rings. The van der Waals surface area contributed by atoms with E-state index < -0.39 is 6.17 Å². The third-order valence-corrected chi connectivity index (χ3v) is 3.80. The number of hydrogen-bond donors (Lipinski definition) is 2. The van der Waals surface area contributed by atoms with Crippen molar-refractivity contribution in [3.05, 3.63) is 23.4 Å². The summed E-state index contributed by atoms with van der Waals surface area (Å²) in [7, 11) is 0. The van der Waals surface area contributed by atoms with E-state index in [2.05, 4.69) is 27.8 Å². The van der Waals surface area contributed by atoms with Gasteiger partial charge < -0.3 is 10.6 Å². The predicted octanol–water partition coefficient (Wildman–Crippen LogP) is 3.35. The molecule has 2 heterocycles. The first-order chi connectivity index (χ1) is 9.79. The van der Waals surface area contributed by atoms with Crippen LogP contribution in [0.5, 0.6) is 0 Å². The fraction of sp³-hybridized carbons (Fsp3) is 0.688. The van der Waals surface area contributed by atoms with Gasteiger partial charge in [0.15, 0.2) is 0 Å². The van der Waals surface area contributed by atoms with E-state index in [0.29, 0.717) is 13.0 Å². The van der Waals surface area contributed by atoms with Gasteiger partial charge in [0.2, 0.25) is 0 Å². The second kappa shape index (κ2) is 8.20. The van der Waals surface area contributed by atoms with Crippen LogP contribution in [0.25, 0.3) is 0 Å². The van der Waals surface area contributed by atoms with Crippen LogP contribution in [0, 0.1) is 0 Å². The first-order valence-electron chi connectivity index (χ1n) is 7.87. The van der Waals surface area contributed by atoms with Crippen LogP contribution in [0.4, 0.5) is 10.2 Å². The maximum Gasteiger partial charge on any atom is 0.129 e. The number of halogens is 1. The van der Waals surface area contributed by atoms with Crippen molar-refractivity contribution in [3.8, 4) is 0 Å². The summed E-state index contributed by atoms with van der Waals surface area (Å²) in [5.74, 6) is 1.08. The zero-order valence-electron chi connectivity index (χ0n) is 12.4. The van der Waals surface area contributed by atoms with Gasteiger partial charge in [-0.05, 0) is 56.7 Å². The number of nitrogens with one attached hydrogen (secondary N) is 2. The number of aryl methyl sites for hydroxylation is 2. The summed E-state index contributed by atoms with van der Waals surface area (Å²) in [5.41, 5.74) is 2.50. The normalized spacial score (nSPS) is 15.5. The number of fused-ring (bicyclic) bond motifs is 1. The van der Waals surface area contributed by atoms with Gasteiger partial charge in [-0.15, -0.1) is 0 Å². The van der Waals surface area contributed by atoms with E-state index in [9.17, 15) is 4.39 Å². The molecule has 2 rings (SSSR count). The Kier molecular flexibility index (Phi) is 6.25. The van der Waals surface area contributed by atoms with Gasteiger partial charge in [0.25, 0.3) is 0 Å². The van der Waals surface area contributed by atoms with Crippen molar-refractivity contribution in [1.82, 2.24) is 10.3 Å². The summed E-state index contributed by atoms with van der Waals surface area (Å²) >= 11 is 0. The molecule has 0 bridgehead atoms. The molecule has 1 atom stereocenters. The Balaban J connectivity index is 0.00000220. The minimum Gasteiger partial charge on any atom is -0.370 e. The molecule has 114 valence electrons. The van der Waals surface area contributed by atoms with E-state index in [1.165, 1.54) is 12.0 Å². The highest BCUT2D eigenvalue weighted by Gasteiger charge is 2.09. The zero-order valence-corrected chi connectivity index (χ0v) is 12.4. The van der Waals surface area contributed by atoms with Crippen molar-refractivity contribution in [1.29, 1.82) is 0 Å². The predicted molar refractivity (Wildman–Crippen MR) is 84.2 cm³/mol. The summed E-state index contributed by atoms with van der Waals surface area (Å²) in [6.07, 6.45) is 5.41. The number of hydrogen-bond acceptors (Lipinski definition) is 3. The van der Waals surface area contributed by atoms with E-state index in [1.54, 1.807) is 0 Å². The lowest BCUT2D eigenvalue weighted by Crippen LogP contribution is -2.24. The topological polar surface area (TPSA) is 37.0 Å². The molecule has 0 saturated carbocycles. The van der Waals surface area contributed by atoms with Crippen molar-refractivity contribution >= 4 is 5.82 Å². The van der Waals surface area contributed by atoms with Gasteiger partial charge in [0.1, 0.15) is 12.0 Å². The van der Waals surface area contributed by atoms with Crippen LogP contribution >= 0.6 is 0 Å². The van der Waals surface area contributed by atoms with E-state index in [0.717, 1.165) is 50.3 Å². The number of aromatic nitrogens is 1.